The molecular weight excluding hydrogens is 248 g/mol. The monoisotopic (exact) mass is 264 g/mol. The molecule has 0 saturated carbocycles. The summed E-state index contributed by atoms with van der Waals surface area (Å²) in [6.07, 6.45) is 8.26. The van der Waals surface area contributed by atoms with Gasteiger partial charge in [0.1, 0.15) is 5.82 Å². The lowest BCUT2D eigenvalue weighted by Gasteiger charge is -2.08. The summed E-state index contributed by atoms with van der Waals surface area (Å²) in [5.41, 5.74) is 8.93. The van der Waals surface area contributed by atoms with Crippen LogP contribution in [-0.4, -0.2) is 14.5 Å². The molecule has 0 atom stereocenters. The number of imidazole rings is 1. The minimum Gasteiger partial charge on any atom is -0.399 e. The van der Waals surface area contributed by atoms with E-state index in [0.29, 0.717) is 0 Å². The average Bonchev–Trinajstić information content (AvgIpc) is 2.87. The molecule has 0 amide bonds. The first-order valence-electron chi connectivity index (χ1n) is 6.54. The number of nitrogen functional groups attached to an aromatic ring is 1. The molecule has 0 spiro atoms. The van der Waals surface area contributed by atoms with E-state index in [1.54, 1.807) is 6.20 Å². The maximum absolute atomic E-state index is 5.81. The quantitative estimate of drug-likeness (QED) is 0.737. The predicted octanol–water partition coefficient (Wildman–Crippen LogP) is 2.50. The highest BCUT2D eigenvalue weighted by molar-refractivity contribution is 5.41. The zero-order valence-corrected chi connectivity index (χ0v) is 11.1. The number of aromatic nitrogens is 3. The van der Waals surface area contributed by atoms with Gasteiger partial charge in [-0.2, -0.15) is 0 Å². The van der Waals surface area contributed by atoms with Gasteiger partial charge in [-0.3, -0.25) is 4.98 Å². The zero-order chi connectivity index (χ0) is 13.8. The van der Waals surface area contributed by atoms with Gasteiger partial charge in [0.05, 0.1) is 6.54 Å². The Bertz CT molecular complexity index is 688. The van der Waals surface area contributed by atoms with E-state index in [9.17, 15) is 0 Å². The number of hydrogen-bond donors (Lipinski definition) is 1. The van der Waals surface area contributed by atoms with Crippen LogP contribution in [-0.2, 0) is 13.0 Å². The summed E-state index contributed by atoms with van der Waals surface area (Å²) in [6.45, 7) is 0.783. The molecule has 4 heteroatoms. The Morgan fingerprint density at radius 2 is 1.95 bits per heavy atom. The molecule has 4 nitrogen and oxygen atoms in total. The molecule has 0 radical (unpaired) electrons. The second-order valence-corrected chi connectivity index (χ2v) is 4.75. The third-order valence-corrected chi connectivity index (χ3v) is 3.19. The van der Waals surface area contributed by atoms with E-state index in [0.717, 1.165) is 24.5 Å². The molecule has 0 aliphatic heterocycles. The van der Waals surface area contributed by atoms with E-state index in [2.05, 4.69) is 26.7 Å². The van der Waals surface area contributed by atoms with Crippen molar-refractivity contribution in [2.45, 2.75) is 13.0 Å². The van der Waals surface area contributed by atoms with Gasteiger partial charge >= 0.3 is 0 Å². The van der Waals surface area contributed by atoms with Crippen LogP contribution < -0.4 is 5.73 Å². The first-order valence-corrected chi connectivity index (χ1v) is 6.54. The third kappa shape index (κ3) is 2.85. The Balaban J connectivity index is 1.80. The van der Waals surface area contributed by atoms with Crippen LogP contribution >= 0.6 is 0 Å². The van der Waals surface area contributed by atoms with Crippen molar-refractivity contribution < 1.29 is 0 Å². The van der Waals surface area contributed by atoms with E-state index >= 15 is 0 Å². The Morgan fingerprint density at radius 1 is 1.05 bits per heavy atom. The summed E-state index contributed by atoms with van der Waals surface area (Å²) >= 11 is 0. The summed E-state index contributed by atoms with van der Waals surface area (Å²) in [6, 6.07) is 11.9. The number of rotatable bonds is 4. The Hall–Kier alpha value is -2.62. The Kier molecular flexibility index (Phi) is 3.46. The van der Waals surface area contributed by atoms with Crippen molar-refractivity contribution in [1.29, 1.82) is 0 Å². The van der Waals surface area contributed by atoms with Crippen molar-refractivity contribution in [2.24, 2.45) is 0 Å². The fourth-order valence-corrected chi connectivity index (χ4v) is 2.23. The van der Waals surface area contributed by atoms with Crippen LogP contribution in [0.15, 0.2) is 61.2 Å². The minimum atomic E-state index is 0.776. The smallest absolute Gasteiger partial charge is 0.113 e. The van der Waals surface area contributed by atoms with Crippen LogP contribution in [0.5, 0.6) is 0 Å². The number of nitrogens with zero attached hydrogens (tertiary/aromatic N) is 3. The molecule has 0 fully saturated rings. The third-order valence-electron chi connectivity index (χ3n) is 3.19. The molecule has 100 valence electrons. The lowest BCUT2D eigenvalue weighted by Crippen LogP contribution is -2.05. The van der Waals surface area contributed by atoms with E-state index < -0.39 is 0 Å². The number of pyridine rings is 1. The highest BCUT2D eigenvalue weighted by Crippen LogP contribution is 2.12. The number of hydrogen-bond acceptors (Lipinski definition) is 3. The van der Waals surface area contributed by atoms with Gasteiger partial charge in [-0.15, -0.1) is 0 Å². The normalized spacial score (nSPS) is 10.6. The molecule has 3 rings (SSSR count). The minimum absolute atomic E-state index is 0.776. The molecule has 0 aliphatic rings. The standard InChI is InChI=1S/C16H16N4/c17-15-5-1-3-13(9-15)10-16-19-7-8-20(16)12-14-4-2-6-18-11-14/h1-9,11H,10,12,17H2. The van der Waals surface area contributed by atoms with E-state index in [1.807, 2.05) is 42.9 Å². The highest BCUT2D eigenvalue weighted by Gasteiger charge is 2.05. The summed E-state index contributed by atoms with van der Waals surface area (Å²) in [5, 5.41) is 0. The van der Waals surface area contributed by atoms with Gasteiger partial charge in [0, 0.05) is 36.9 Å². The fraction of sp³-hybridized carbons (Fsp3) is 0.125. The van der Waals surface area contributed by atoms with Crippen molar-refractivity contribution in [3.63, 3.8) is 0 Å². The molecule has 2 heterocycles. The van der Waals surface area contributed by atoms with Crippen LogP contribution in [0.2, 0.25) is 0 Å². The molecule has 0 saturated heterocycles. The first kappa shape index (κ1) is 12.4. The summed E-state index contributed by atoms with van der Waals surface area (Å²) in [7, 11) is 0. The predicted molar refractivity (Wildman–Crippen MR) is 79.2 cm³/mol. The number of anilines is 1. The SMILES string of the molecule is Nc1cccc(Cc2nccn2Cc2cccnc2)c1. The lowest BCUT2D eigenvalue weighted by atomic mass is 10.1. The van der Waals surface area contributed by atoms with Gasteiger partial charge in [-0.25, -0.2) is 4.98 Å². The van der Waals surface area contributed by atoms with Crippen molar-refractivity contribution in [3.05, 3.63) is 78.1 Å². The van der Waals surface area contributed by atoms with E-state index in [-0.39, 0.29) is 0 Å². The molecule has 1 aromatic carbocycles. The maximum atomic E-state index is 5.81. The summed E-state index contributed by atoms with van der Waals surface area (Å²) in [4.78, 5) is 8.58. The molecule has 20 heavy (non-hydrogen) atoms. The molecule has 0 aliphatic carbocycles. The number of benzene rings is 1. The fourth-order valence-electron chi connectivity index (χ4n) is 2.23. The van der Waals surface area contributed by atoms with Gasteiger partial charge in [0.25, 0.3) is 0 Å². The van der Waals surface area contributed by atoms with Gasteiger partial charge < -0.3 is 10.3 Å². The van der Waals surface area contributed by atoms with Crippen molar-refractivity contribution in [2.75, 3.05) is 5.73 Å². The van der Waals surface area contributed by atoms with Crippen LogP contribution in [0.1, 0.15) is 17.0 Å². The summed E-state index contributed by atoms with van der Waals surface area (Å²) < 4.78 is 2.14. The van der Waals surface area contributed by atoms with Crippen LogP contribution in [0, 0.1) is 0 Å². The second-order valence-electron chi connectivity index (χ2n) is 4.75. The first-order chi connectivity index (χ1) is 9.81. The topological polar surface area (TPSA) is 56.7 Å². The van der Waals surface area contributed by atoms with Crippen LogP contribution in [0.25, 0.3) is 0 Å². The van der Waals surface area contributed by atoms with Gasteiger partial charge in [-0.05, 0) is 29.3 Å². The molecule has 0 bridgehead atoms. The largest absolute Gasteiger partial charge is 0.399 e. The number of nitrogens with two attached hydrogens (primary N) is 1. The lowest BCUT2D eigenvalue weighted by molar-refractivity contribution is 0.738. The molecular formula is C16H16N4. The van der Waals surface area contributed by atoms with Crippen molar-refractivity contribution in [3.8, 4) is 0 Å². The highest BCUT2D eigenvalue weighted by atomic mass is 15.1. The van der Waals surface area contributed by atoms with Gasteiger partial charge in [0.2, 0.25) is 0 Å². The second kappa shape index (κ2) is 5.57. The van der Waals surface area contributed by atoms with Crippen molar-refractivity contribution in [1.82, 2.24) is 14.5 Å². The average molecular weight is 264 g/mol. The zero-order valence-electron chi connectivity index (χ0n) is 11.1. The molecule has 0 unspecified atom stereocenters. The van der Waals surface area contributed by atoms with Crippen LogP contribution in [0.3, 0.4) is 0 Å². The van der Waals surface area contributed by atoms with Gasteiger partial charge in [0.15, 0.2) is 0 Å². The maximum Gasteiger partial charge on any atom is 0.113 e. The summed E-state index contributed by atoms with van der Waals surface area (Å²) in [5.74, 6) is 1.03. The van der Waals surface area contributed by atoms with E-state index in [4.69, 9.17) is 5.73 Å². The van der Waals surface area contributed by atoms with E-state index in [1.165, 1.54) is 11.1 Å². The van der Waals surface area contributed by atoms with Crippen LogP contribution in [0.4, 0.5) is 5.69 Å². The Morgan fingerprint density at radius 3 is 2.75 bits per heavy atom. The molecule has 3 aromatic rings. The van der Waals surface area contributed by atoms with Gasteiger partial charge in [-0.1, -0.05) is 18.2 Å². The Labute approximate surface area is 117 Å². The molecule has 2 aromatic heterocycles. The van der Waals surface area contributed by atoms with Crippen molar-refractivity contribution >= 4 is 5.69 Å². The molecule has 2 N–H and O–H groups in total.